The van der Waals surface area contributed by atoms with E-state index in [1.165, 1.54) is 7.11 Å². The van der Waals surface area contributed by atoms with Crippen LogP contribution in [0.5, 0.6) is 0 Å². The molecule has 0 saturated heterocycles. The minimum atomic E-state index is -0.325. The number of methoxy groups -OCH3 is 1. The summed E-state index contributed by atoms with van der Waals surface area (Å²) >= 11 is 0. The highest BCUT2D eigenvalue weighted by molar-refractivity contribution is 5.89. The van der Waals surface area contributed by atoms with Crippen LogP contribution in [0.25, 0.3) is 12.2 Å². The van der Waals surface area contributed by atoms with Crippen LogP contribution in [0.3, 0.4) is 0 Å². The van der Waals surface area contributed by atoms with Gasteiger partial charge in [-0.25, -0.2) is 9.78 Å². The number of carbonyl (C=O) groups excluding carboxylic acids is 1. The Balaban J connectivity index is 2.11. The van der Waals surface area contributed by atoms with Crippen LogP contribution in [-0.4, -0.2) is 23.0 Å². The Morgan fingerprint density at radius 3 is 2.65 bits per heavy atom. The van der Waals surface area contributed by atoms with Crippen LogP contribution in [-0.2, 0) is 4.74 Å². The number of H-pyrrole nitrogens is 1. The maximum Gasteiger partial charge on any atom is 0.337 e. The van der Waals surface area contributed by atoms with E-state index in [1.807, 2.05) is 24.3 Å². The molecule has 0 aliphatic rings. The summed E-state index contributed by atoms with van der Waals surface area (Å²) in [6.45, 7) is 0. The standard InChI is InChI=1S/C13H12N2O2/c1-17-13(16)11-5-2-10(3-6-11)4-7-12-8-14-9-15-12/h2-9H,1H3,(H,14,15)/b7-4+. The van der Waals surface area contributed by atoms with Crippen LogP contribution in [0.15, 0.2) is 36.8 Å². The second-order valence-electron chi connectivity index (χ2n) is 3.45. The highest BCUT2D eigenvalue weighted by Crippen LogP contribution is 2.09. The number of aromatic amines is 1. The van der Waals surface area contributed by atoms with Crippen molar-refractivity contribution in [2.45, 2.75) is 0 Å². The molecule has 0 bridgehead atoms. The first kappa shape index (κ1) is 11.1. The molecular formula is C13H12N2O2. The molecule has 1 N–H and O–H groups in total. The molecule has 0 fully saturated rings. The van der Waals surface area contributed by atoms with Crippen LogP contribution >= 0.6 is 0 Å². The molecule has 0 saturated carbocycles. The maximum atomic E-state index is 11.2. The lowest BCUT2D eigenvalue weighted by Crippen LogP contribution is -2.00. The van der Waals surface area contributed by atoms with E-state index < -0.39 is 0 Å². The third-order valence-electron chi connectivity index (χ3n) is 2.31. The van der Waals surface area contributed by atoms with Crippen molar-refractivity contribution in [2.24, 2.45) is 0 Å². The minimum absolute atomic E-state index is 0.325. The van der Waals surface area contributed by atoms with Crippen LogP contribution in [0, 0.1) is 0 Å². The number of aromatic nitrogens is 2. The van der Waals surface area contributed by atoms with Crippen LogP contribution in [0.2, 0.25) is 0 Å². The smallest absolute Gasteiger partial charge is 0.337 e. The Bertz CT molecular complexity index is 513. The number of esters is 1. The minimum Gasteiger partial charge on any atom is -0.465 e. The zero-order valence-electron chi connectivity index (χ0n) is 9.38. The molecule has 1 aromatic carbocycles. The quantitative estimate of drug-likeness (QED) is 0.820. The van der Waals surface area contributed by atoms with Crippen molar-refractivity contribution in [1.82, 2.24) is 9.97 Å². The predicted molar refractivity (Wildman–Crippen MR) is 65.3 cm³/mol. The van der Waals surface area contributed by atoms with Crippen molar-refractivity contribution >= 4 is 18.1 Å². The van der Waals surface area contributed by atoms with Crippen molar-refractivity contribution in [3.63, 3.8) is 0 Å². The Hall–Kier alpha value is -2.36. The molecule has 0 spiro atoms. The van der Waals surface area contributed by atoms with Gasteiger partial charge in [0, 0.05) is 0 Å². The van der Waals surface area contributed by atoms with Gasteiger partial charge in [-0.15, -0.1) is 0 Å². The molecule has 2 aromatic rings. The second kappa shape index (κ2) is 5.12. The van der Waals surface area contributed by atoms with Gasteiger partial charge in [0.05, 0.1) is 30.9 Å². The van der Waals surface area contributed by atoms with Crippen molar-refractivity contribution < 1.29 is 9.53 Å². The lowest BCUT2D eigenvalue weighted by atomic mass is 10.1. The monoisotopic (exact) mass is 228 g/mol. The Morgan fingerprint density at radius 2 is 2.06 bits per heavy atom. The summed E-state index contributed by atoms with van der Waals surface area (Å²) in [6.07, 6.45) is 7.22. The van der Waals surface area contributed by atoms with Gasteiger partial charge in [0.15, 0.2) is 0 Å². The van der Waals surface area contributed by atoms with Gasteiger partial charge in [0.1, 0.15) is 0 Å². The molecule has 1 heterocycles. The van der Waals surface area contributed by atoms with Crippen LogP contribution < -0.4 is 0 Å². The first-order valence-electron chi connectivity index (χ1n) is 5.14. The zero-order valence-corrected chi connectivity index (χ0v) is 9.38. The normalized spacial score (nSPS) is 10.6. The molecule has 2 rings (SSSR count). The maximum absolute atomic E-state index is 11.2. The average Bonchev–Trinajstić information content (AvgIpc) is 2.89. The van der Waals surface area contributed by atoms with E-state index in [9.17, 15) is 4.79 Å². The highest BCUT2D eigenvalue weighted by Gasteiger charge is 2.02. The fourth-order valence-corrected chi connectivity index (χ4v) is 1.39. The number of carbonyl (C=O) groups is 1. The number of nitrogens with one attached hydrogen (secondary N) is 1. The molecule has 17 heavy (non-hydrogen) atoms. The van der Waals surface area contributed by atoms with Gasteiger partial charge in [-0.05, 0) is 23.8 Å². The van der Waals surface area contributed by atoms with Crippen LogP contribution in [0.1, 0.15) is 21.6 Å². The van der Waals surface area contributed by atoms with E-state index in [4.69, 9.17) is 0 Å². The molecular weight excluding hydrogens is 216 g/mol. The number of hydrogen-bond donors (Lipinski definition) is 1. The number of rotatable bonds is 3. The van der Waals surface area contributed by atoms with E-state index in [1.54, 1.807) is 24.7 Å². The van der Waals surface area contributed by atoms with E-state index in [2.05, 4.69) is 14.7 Å². The van der Waals surface area contributed by atoms with Crippen molar-refractivity contribution in [3.8, 4) is 0 Å². The molecule has 4 nitrogen and oxygen atoms in total. The summed E-state index contributed by atoms with van der Waals surface area (Å²) in [4.78, 5) is 18.1. The van der Waals surface area contributed by atoms with Crippen LogP contribution in [0.4, 0.5) is 0 Å². The molecule has 4 heteroatoms. The molecule has 1 aromatic heterocycles. The second-order valence-corrected chi connectivity index (χ2v) is 3.45. The van der Waals surface area contributed by atoms with E-state index in [-0.39, 0.29) is 5.97 Å². The molecule has 0 unspecified atom stereocenters. The van der Waals surface area contributed by atoms with Gasteiger partial charge in [-0.1, -0.05) is 18.2 Å². The highest BCUT2D eigenvalue weighted by atomic mass is 16.5. The van der Waals surface area contributed by atoms with Gasteiger partial charge >= 0.3 is 5.97 Å². The summed E-state index contributed by atoms with van der Waals surface area (Å²) in [5.74, 6) is -0.325. The Morgan fingerprint density at radius 1 is 1.29 bits per heavy atom. The Kier molecular flexibility index (Phi) is 3.35. The van der Waals surface area contributed by atoms with Crippen molar-refractivity contribution in [3.05, 3.63) is 53.6 Å². The fourth-order valence-electron chi connectivity index (χ4n) is 1.39. The van der Waals surface area contributed by atoms with Gasteiger partial charge < -0.3 is 9.72 Å². The van der Waals surface area contributed by atoms with Gasteiger partial charge in [0.25, 0.3) is 0 Å². The first-order valence-corrected chi connectivity index (χ1v) is 5.14. The van der Waals surface area contributed by atoms with Gasteiger partial charge in [0.2, 0.25) is 0 Å². The fraction of sp³-hybridized carbons (Fsp3) is 0.0769. The molecule has 0 aliphatic heterocycles. The molecule has 0 atom stereocenters. The topological polar surface area (TPSA) is 55.0 Å². The number of nitrogens with zero attached hydrogens (tertiary/aromatic N) is 1. The summed E-state index contributed by atoms with van der Waals surface area (Å²) in [6, 6.07) is 7.19. The summed E-state index contributed by atoms with van der Waals surface area (Å²) in [7, 11) is 1.37. The van der Waals surface area contributed by atoms with Gasteiger partial charge in [-0.3, -0.25) is 0 Å². The number of benzene rings is 1. The summed E-state index contributed by atoms with van der Waals surface area (Å²) in [5.41, 5.74) is 2.49. The number of ether oxygens (including phenoxy) is 1. The molecule has 0 amide bonds. The summed E-state index contributed by atoms with van der Waals surface area (Å²) < 4.78 is 4.62. The SMILES string of the molecule is COC(=O)c1ccc(/C=C/c2cnc[nH]2)cc1. The molecule has 0 aliphatic carbocycles. The largest absolute Gasteiger partial charge is 0.465 e. The van der Waals surface area contributed by atoms with Crippen molar-refractivity contribution in [1.29, 1.82) is 0 Å². The molecule has 86 valence electrons. The lowest BCUT2D eigenvalue weighted by Gasteiger charge is -1.99. The number of imidazole rings is 1. The number of hydrogen-bond acceptors (Lipinski definition) is 3. The molecule has 0 radical (unpaired) electrons. The zero-order chi connectivity index (χ0) is 12.1. The summed E-state index contributed by atoms with van der Waals surface area (Å²) in [5, 5.41) is 0. The van der Waals surface area contributed by atoms with Crippen molar-refractivity contribution in [2.75, 3.05) is 7.11 Å². The van der Waals surface area contributed by atoms with E-state index in [0.29, 0.717) is 5.56 Å². The Labute approximate surface area is 99.0 Å². The predicted octanol–water partition coefficient (Wildman–Crippen LogP) is 2.37. The average molecular weight is 228 g/mol. The van der Waals surface area contributed by atoms with E-state index in [0.717, 1.165) is 11.3 Å². The van der Waals surface area contributed by atoms with Gasteiger partial charge in [-0.2, -0.15) is 0 Å². The van der Waals surface area contributed by atoms with E-state index >= 15 is 0 Å². The third-order valence-corrected chi connectivity index (χ3v) is 2.31. The first-order chi connectivity index (χ1) is 8.29. The lowest BCUT2D eigenvalue weighted by molar-refractivity contribution is 0.0601. The third kappa shape index (κ3) is 2.81.